The molecule has 2 aliphatic rings. The zero-order chi connectivity index (χ0) is 47.1. The molecule has 0 unspecified atom stereocenters. The Kier molecular flexibility index (Phi) is 13.5. The number of nitrogens with zero attached hydrogens (tertiary/aromatic N) is 6. The van der Waals surface area contributed by atoms with Crippen molar-refractivity contribution in [3.05, 3.63) is 118 Å². The van der Waals surface area contributed by atoms with Gasteiger partial charge in [-0.1, -0.05) is 36.0 Å². The van der Waals surface area contributed by atoms with Gasteiger partial charge in [0.1, 0.15) is 9.63 Å². The van der Waals surface area contributed by atoms with E-state index in [1.54, 1.807) is 55.2 Å². The van der Waals surface area contributed by atoms with E-state index >= 15 is 0 Å². The van der Waals surface area contributed by atoms with Crippen LogP contribution >= 0.6 is 27.7 Å². The fourth-order valence-electron chi connectivity index (χ4n) is 7.53. The molecule has 0 radical (unpaired) electrons. The first kappa shape index (κ1) is 47.0. The molecule has 12 nitrogen and oxygen atoms in total. The van der Waals surface area contributed by atoms with Crippen LogP contribution in [0, 0.1) is 37.3 Å². The Balaban J connectivity index is 0.000000185. The number of imidazole rings is 2. The first-order valence-corrected chi connectivity index (χ1v) is 23.7. The Labute approximate surface area is 394 Å². The number of nitrogens with one attached hydrogen (secondary N) is 2. The fourth-order valence-corrected chi connectivity index (χ4v) is 8.76. The maximum atomic E-state index is 13.8. The van der Waals surface area contributed by atoms with Crippen molar-refractivity contribution >= 4 is 61.9 Å². The van der Waals surface area contributed by atoms with Gasteiger partial charge in [0.15, 0.2) is 34.5 Å². The van der Waals surface area contributed by atoms with Gasteiger partial charge in [-0.3, -0.25) is 9.59 Å². The third kappa shape index (κ3) is 11.5. The van der Waals surface area contributed by atoms with Gasteiger partial charge in [0.2, 0.25) is 0 Å². The van der Waals surface area contributed by atoms with Crippen molar-refractivity contribution in [2.24, 2.45) is 11.8 Å². The number of hydrogen-bond donors (Lipinski definition) is 4. The van der Waals surface area contributed by atoms with Gasteiger partial charge in [0.05, 0.1) is 46.4 Å². The zero-order valence-corrected chi connectivity index (χ0v) is 40.2. The van der Waals surface area contributed by atoms with Crippen LogP contribution < -0.4 is 10.6 Å². The fraction of sp³-hybridized carbons (Fsp3) is 0.360. The smallest absolute Gasteiger partial charge is 0.177 e. The van der Waals surface area contributed by atoms with Gasteiger partial charge < -0.3 is 20.8 Å². The number of hydrogen-bond acceptors (Lipinski definition) is 11. The zero-order valence-electron chi connectivity index (χ0n) is 37.8. The minimum absolute atomic E-state index is 0.172. The maximum Gasteiger partial charge on any atom is 0.177 e. The minimum atomic E-state index is -0.969. The summed E-state index contributed by atoms with van der Waals surface area (Å²) in [5.74, 6) is -0.334. The predicted octanol–water partition coefficient (Wildman–Crippen LogP) is 10.9. The number of aromatic nitrogens is 6. The van der Waals surface area contributed by atoms with Crippen LogP contribution in [-0.2, 0) is 0 Å². The van der Waals surface area contributed by atoms with Gasteiger partial charge >= 0.3 is 0 Å². The number of anilines is 2. The number of aryl methyl sites for hydroxylation is 2. The first-order chi connectivity index (χ1) is 31.3. The Morgan fingerprint density at radius 1 is 0.697 bits per heavy atom. The molecule has 7 aromatic rings. The molecule has 0 atom stereocenters. The van der Waals surface area contributed by atoms with Gasteiger partial charge in [-0.05, 0) is 149 Å². The van der Waals surface area contributed by atoms with Gasteiger partial charge in [0.25, 0.3) is 0 Å². The monoisotopic (exact) mass is 978 g/mol. The third-order valence-corrected chi connectivity index (χ3v) is 12.7. The third-order valence-electron chi connectivity index (χ3n) is 11.4. The number of halogens is 3. The molecule has 0 bridgehead atoms. The molecule has 2 saturated carbocycles. The summed E-state index contributed by atoms with van der Waals surface area (Å²) in [6.07, 6.45) is 9.35. The highest BCUT2D eigenvalue weighted by molar-refractivity contribution is 9.10. The van der Waals surface area contributed by atoms with E-state index in [1.165, 1.54) is 30.7 Å². The highest BCUT2D eigenvalue weighted by atomic mass is 79.9. The molecule has 0 aliphatic heterocycles. The average Bonchev–Trinajstić information content (AvgIpc) is 4.16. The molecule has 2 aliphatic carbocycles. The topological polar surface area (TPSA) is 159 Å². The van der Waals surface area contributed by atoms with E-state index in [9.17, 15) is 28.6 Å². The second-order valence-corrected chi connectivity index (χ2v) is 20.7. The van der Waals surface area contributed by atoms with Crippen LogP contribution in [-0.4, -0.2) is 75.3 Å². The number of carbonyl (C=O) groups is 2. The van der Waals surface area contributed by atoms with E-state index in [1.807, 2.05) is 56.3 Å². The van der Waals surface area contributed by atoms with E-state index in [0.717, 1.165) is 75.4 Å². The van der Waals surface area contributed by atoms with Crippen molar-refractivity contribution in [3.8, 4) is 22.5 Å². The van der Waals surface area contributed by atoms with Crippen LogP contribution in [0.1, 0.15) is 98.1 Å². The molecule has 66 heavy (non-hydrogen) atoms. The summed E-state index contributed by atoms with van der Waals surface area (Å²) in [5, 5.41) is 36.6. The molecule has 3 aromatic carbocycles. The van der Waals surface area contributed by atoms with Crippen molar-refractivity contribution in [1.82, 2.24) is 29.2 Å². The molecule has 4 aromatic heterocycles. The normalized spacial score (nSPS) is 14.0. The van der Waals surface area contributed by atoms with Crippen LogP contribution in [0.2, 0.25) is 0 Å². The first-order valence-electron chi connectivity index (χ1n) is 22.1. The van der Waals surface area contributed by atoms with Crippen LogP contribution in [0.25, 0.3) is 33.8 Å². The molecule has 4 N–H and O–H groups in total. The van der Waals surface area contributed by atoms with Crippen molar-refractivity contribution in [3.63, 3.8) is 0 Å². The van der Waals surface area contributed by atoms with Crippen LogP contribution in [0.3, 0.4) is 0 Å². The second kappa shape index (κ2) is 19.0. The second-order valence-electron chi connectivity index (χ2n) is 18.7. The van der Waals surface area contributed by atoms with Gasteiger partial charge in [0, 0.05) is 53.1 Å². The van der Waals surface area contributed by atoms with Gasteiger partial charge in [-0.15, -0.1) is 0 Å². The number of fused-ring (bicyclic) bond motifs is 2. The van der Waals surface area contributed by atoms with E-state index in [0.29, 0.717) is 62.7 Å². The Bertz CT molecular complexity index is 2970. The SMILES string of the molecule is Cc1cc(-c2cnc3c(NCC(C)(C)O)cc(Br)nn23)ccc1C(=O)CC1CC1.Cc1cc(-c2cnc3c(NCC(C)(C)O)cc(Sc4ccc(F)c(F)c4)nn23)ccc1C(=O)CC1CC1. The van der Waals surface area contributed by atoms with E-state index in [-0.39, 0.29) is 18.1 Å². The Morgan fingerprint density at radius 3 is 1.64 bits per heavy atom. The molecule has 0 spiro atoms. The molecule has 4 heterocycles. The minimum Gasteiger partial charge on any atom is -0.389 e. The largest absolute Gasteiger partial charge is 0.389 e. The van der Waals surface area contributed by atoms with Crippen molar-refractivity contribution < 1.29 is 28.6 Å². The average molecular weight is 980 g/mol. The summed E-state index contributed by atoms with van der Waals surface area (Å²) in [7, 11) is 0. The van der Waals surface area contributed by atoms with Crippen molar-refractivity contribution in [2.75, 3.05) is 23.7 Å². The molecule has 0 amide bonds. The number of ketones is 2. The maximum absolute atomic E-state index is 13.8. The van der Waals surface area contributed by atoms with Gasteiger partial charge in [-0.25, -0.2) is 27.8 Å². The molecule has 9 rings (SSSR count). The molecular weight excluding hydrogens is 927 g/mol. The molecule has 16 heteroatoms. The summed E-state index contributed by atoms with van der Waals surface area (Å²) in [4.78, 5) is 34.8. The molecular formula is C50H53BrF2N8O4S. The van der Waals surface area contributed by atoms with Crippen LogP contribution in [0.15, 0.2) is 93.6 Å². The Morgan fingerprint density at radius 2 is 1.18 bits per heavy atom. The highest BCUT2D eigenvalue weighted by Gasteiger charge is 2.27. The summed E-state index contributed by atoms with van der Waals surface area (Å²) in [6.45, 7) is 11.5. The highest BCUT2D eigenvalue weighted by Crippen LogP contribution is 2.37. The quantitative estimate of drug-likeness (QED) is 0.0683. The van der Waals surface area contributed by atoms with Crippen molar-refractivity contribution in [1.29, 1.82) is 0 Å². The van der Waals surface area contributed by atoms with Crippen molar-refractivity contribution in [2.45, 2.75) is 101 Å². The number of aliphatic hydroxyl groups is 2. The Hall–Kier alpha value is -5.55. The van der Waals surface area contributed by atoms with Gasteiger partial charge in [-0.2, -0.15) is 10.2 Å². The van der Waals surface area contributed by atoms with Crippen LogP contribution in [0.5, 0.6) is 0 Å². The molecule has 0 saturated heterocycles. The summed E-state index contributed by atoms with van der Waals surface area (Å²) >= 11 is 4.65. The number of Topliss-reactive ketones (excluding diaryl/α,β-unsaturated/α-hetero) is 2. The predicted molar refractivity (Wildman–Crippen MR) is 257 cm³/mol. The summed E-state index contributed by atoms with van der Waals surface area (Å²) < 4.78 is 31.4. The summed E-state index contributed by atoms with van der Waals surface area (Å²) in [6, 6.07) is 19.0. The number of rotatable bonds is 16. The standard InChI is InChI=1S/C28H28F2N4O2S.C22H25BrN4O2/c1-16-10-18(6-8-20(16)25(35)11-17-4-5-17)24-14-31-27-23(32-15-28(2,3)36)13-26(33-34(24)27)37-19-7-9-21(29)22(30)12-19;1-13-8-15(6-7-16(13)19(28)9-14-4-5-14)18-11-24-21-17(25-12-22(2,3)29)10-20(23)26-27(18)21/h6-10,12-14,17,32,36H,4-5,11,15H2,1-3H3;6-8,10-11,14,25,29H,4-5,9,12H2,1-3H3. The summed E-state index contributed by atoms with van der Waals surface area (Å²) in [5.41, 5.74) is 7.62. The van der Waals surface area contributed by atoms with E-state index < -0.39 is 22.8 Å². The number of benzene rings is 3. The lowest BCUT2D eigenvalue weighted by Crippen LogP contribution is -2.29. The lowest BCUT2D eigenvalue weighted by Gasteiger charge is -2.19. The van der Waals surface area contributed by atoms with Crippen LogP contribution in [0.4, 0.5) is 20.2 Å². The van der Waals surface area contributed by atoms with E-state index in [2.05, 4.69) is 41.6 Å². The molecule has 2 fully saturated rings. The lowest BCUT2D eigenvalue weighted by atomic mass is 9.98. The number of carbonyl (C=O) groups excluding carboxylic acids is 2. The van der Waals surface area contributed by atoms with E-state index in [4.69, 9.17) is 5.10 Å². The lowest BCUT2D eigenvalue weighted by molar-refractivity contribution is 0.0939. The molecule has 344 valence electrons.